The molecule has 2 fully saturated rings. The maximum atomic E-state index is 14.2. The van der Waals surface area contributed by atoms with E-state index in [0.29, 0.717) is 17.0 Å². The first kappa shape index (κ1) is 45.8. The number of aliphatic hydroxyl groups is 1. The van der Waals surface area contributed by atoms with E-state index in [1.165, 1.54) is 35.1 Å². The van der Waals surface area contributed by atoms with Crippen molar-refractivity contribution in [3.8, 4) is 0 Å². The molecular formula is C34H42ClN9O15P2. The summed E-state index contributed by atoms with van der Waals surface area (Å²) in [5, 5.41) is 12.1. The number of phosphoric acid groups is 2. The molecule has 8 N–H and O–H groups in total. The van der Waals surface area contributed by atoms with Crippen molar-refractivity contribution in [3.05, 3.63) is 82.9 Å². The lowest BCUT2D eigenvalue weighted by atomic mass is 10.0. The highest BCUT2D eigenvalue weighted by Gasteiger charge is 2.50. The van der Waals surface area contributed by atoms with Crippen LogP contribution in [0, 0.1) is 0 Å². The molecular weight excluding hydrogens is 872 g/mol. The standard InChI is InChI=1S/C34H42ClN9O15P2/c1-3-4-8-25(45)42(2)20(12-18-6-5-7-19(35)11-18)33(47)58-29-23(57-32(28(29)46)44-17-40-27-30(37)38-16-39-31(27)44)15-55-61(52,53)59-21-13-26(43-10-9-24(36)41-34(43)48)56-22(21)14-54-60(49,50)51/h3,5-7,9-11,16-17,20-23,26,28-29,32,46H,1,4,8,12-15H2,2H3,(H,52,53)(H2,36,41,48)(H2,37,38,39)(H2,49,50,51)/t20-,21-,22+,23+,26+,28+,29+,32+/m0/s1. The number of nitrogen functional groups attached to an aromatic ring is 2. The van der Waals surface area contributed by atoms with E-state index in [4.69, 9.17) is 46.3 Å². The molecule has 27 heteroatoms. The zero-order chi connectivity index (χ0) is 44.2. The number of hydrogen-bond donors (Lipinski definition) is 6. The molecule has 0 saturated carbocycles. The fourth-order valence-corrected chi connectivity index (χ4v) is 8.17. The highest BCUT2D eigenvalue weighted by atomic mass is 35.5. The third kappa shape index (κ3) is 11.2. The Labute approximate surface area is 350 Å². The van der Waals surface area contributed by atoms with Gasteiger partial charge in [-0.15, -0.1) is 6.58 Å². The number of aromatic nitrogens is 6. The van der Waals surface area contributed by atoms with Gasteiger partial charge in [0.25, 0.3) is 0 Å². The number of halogens is 1. The van der Waals surface area contributed by atoms with Gasteiger partial charge in [-0.2, -0.15) is 4.98 Å². The fraction of sp³-hybridized carbons (Fsp3) is 0.441. The molecule has 2 aliphatic heterocycles. The number of amides is 1. The van der Waals surface area contributed by atoms with Crippen LogP contribution < -0.4 is 17.2 Å². The largest absolute Gasteiger partial charge is 0.472 e. The monoisotopic (exact) mass is 913 g/mol. The number of esters is 1. The van der Waals surface area contributed by atoms with Gasteiger partial charge in [-0.1, -0.05) is 29.8 Å². The molecule has 61 heavy (non-hydrogen) atoms. The van der Waals surface area contributed by atoms with Crippen LogP contribution >= 0.6 is 27.2 Å². The minimum atomic E-state index is -5.23. The molecule has 0 spiro atoms. The molecule has 6 rings (SSSR count). The summed E-state index contributed by atoms with van der Waals surface area (Å²) in [6.45, 7) is 1.89. The number of allylic oxidation sites excluding steroid dienone is 1. The van der Waals surface area contributed by atoms with Crippen molar-refractivity contribution >= 4 is 61.9 Å². The summed E-state index contributed by atoms with van der Waals surface area (Å²) >= 11 is 6.21. The van der Waals surface area contributed by atoms with Gasteiger partial charge in [-0.05, 0) is 30.2 Å². The Kier molecular flexibility index (Phi) is 14.4. The number of imidazole rings is 1. The molecule has 0 aliphatic carbocycles. The van der Waals surface area contributed by atoms with Crippen molar-refractivity contribution in [1.82, 2.24) is 34.0 Å². The average Bonchev–Trinajstić information content (AvgIpc) is 3.89. The van der Waals surface area contributed by atoms with Gasteiger partial charge in [0.2, 0.25) is 5.91 Å². The van der Waals surface area contributed by atoms with Crippen molar-refractivity contribution in [2.75, 3.05) is 31.7 Å². The van der Waals surface area contributed by atoms with E-state index in [0.717, 1.165) is 10.9 Å². The highest BCUT2D eigenvalue weighted by Crippen LogP contribution is 2.50. The zero-order valence-electron chi connectivity index (χ0n) is 32.1. The fourth-order valence-electron chi connectivity index (χ4n) is 6.66. The number of benzene rings is 1. The number of fused-ring (bicyclic) bond motifs is 1. The SMILES string of the molecule is C=CCCC(=O)N(C)[C@@H](Cc1cccc(Cl)c1)C(=O)O[C@H]1[C@@H](O)[C@H](n2cnc3c(N)ncnc32)O[C@@H]1COP(=O)(O)O[C@H]1C[C@H](n2ccc(N)nc2=O)O[C@@H]1COP(=O)(O)O. The second-order valence-corrected chi connectivity index (χ2v) is 16.9. The highest BCUT2D eigenvalue weighted by molar-refractivity contribution is 7.47. The lowest BCUT2D eigenvalue weighted by Gasteiger charge is -2.30. The summed E-state index contributed by atoms with van der Waals surface area (Å²) < 4.78 is 60.4. The van der Waals surface area contributed by atoms with E-state index in [2.05, 4.69) is 31.0 Å². The first-order valence-electron chi connectivity index (χ1n) is 18.3. The number of carbonyl (C=O) groups excluding carboxylic acids is 2. The Balaban J connectivity index is 1.26. The Hall–Kier alpha value is -4.68. The molecule has 1 amide bonds. The van der Waals surface area contributed by atoms with Crippen molar-refractivity contribution < 1.29 is 66.3 Å². The van der Waals surface area contributed by atoms with Crippen LogP contribution in [-0.4, -0.2) is 122 Å². The summed E-state index contributed by atoms with van der Waals surface area (Å²) in [6.07, 6.45) is -5.42. The molecule has 0 bridgehead atoms. The number of anilines is 2. The minimum absolute atomic E-state index is 0.00523. The van der Waals surface area contributed by atoms with E-state index in [-0.39, 0.29) is 42.1 Å². The van der Waals surface area contributed by atoms with Crippen LogP contribution in [0.2, 0.25) is 5.02 Å². The maximum absolute atomic E-state index is 14.2. The van der Waals surface area contributed by atoms with Gasteiger partial charge in [0.15, 0.2) is 23.8 Å². The lowest BCUT2D eigenvalue weighted by molar-refractivity contribution is -0.165. The van der Waals surface area contributed by atoms with Crippen molar-refractivity contribution in [2.24, 2.45) is 0 Å². The third-order valence-corrected chi connectivity index (χ3v) is 11.4. The van der Waals surface area contributed by atoms with Crippen LogP contribution in [0.4, 0.5) is 11.6 Å². The number of rotatable bonds is 18. The lowest BCUT2D eigenvalue weighted by Crippen LogP contribution is -2.48. The van der Waals surface area contributed by atoms with Gasteiger partial charge >= 0.3 is 27.3 Å². The first-order valence-corrected chi connectivity index (χ1v) is 21.7. The summed E-state index contributed by atoms with van der Waals surface area (Å²) in [6, 6.07) is 6.58. The quantitative estimate of drug-likeness (QED) is 0.0461. The topological polar surface area (TPSA) is 338 Å². The molecule has 330 valence electrons. The summed E-state index contributed by atoms with van der Waals surface area (Å²) in [4.78, 5) is 86.6. The molecule has 3 aromatic heterocycles. The summed E-state index contributed by atoms with van der Waals surface area (Å²) in [7, 11) is -8.90. The zero-order valence-corrected chi connectivity index (χ0v) is 34.6. The number of nitrogens with two attached hydrogens (primary N) is 2. The van der Waals surface area contributed by atoms with E-state index in [1.54, 1.807) is 30.3 Å². The van der Waals surface area contributed by atoms with Gasteiger partial charge in [0, 0.05) is 37.5 Å². The molecule has 4 aromatic rings. The number of phosphoric ester groups is 2. The molecule has 0 radical (unpaired) electrons. The number of nitrogens with zero attached hydrogens (tertiary/aromatic N) is 7. The molecule has 1 aromatic carbocycles. The van der Waals surface area contributed by atoms with Crippen LogP contribution in [0.3, 0.4) is 0 Å². The molecule has 9 atom stereocenters. The Bertz CT molecular complexity index is 2400. The van der Waals surface area contributed by atoms with Crippen LogP contribution in [0.1, 0.15) is 37.3 Å². The molecule has 24 nitrogen and oxygen atoms in total. The number of ether oxygens (including phenoxy) is 3. The summed E-state index contributed by atoms with van der Waals surface area (Å²) in [5.41, 5.74) is 11.5. The van der Waals surface area contributed by atoms with Gasteiger partial charge in [-0.3, -0.25) is 27.5 Å². The van der Waals surface area contributed by atoms with E-state index in [1.807, 2.05) is 0 Å². The average molecular weight is 914 g/mol. The number of hydrogen-bond acceptors (Lipinski definition) is 18. The normalized spacial score (nSPS) is 24.3. The predicted molar refractivity (Wildman–Crippen MR) is 211 cm³/mol. The van der Waals surface area contributed by atoms with E-state index >= 15 is 0 Å². The number of aliphatic hydroxyl groups excluding tert-OH is 1. The van der Waals surface area contributed by atoms with Crippen molar-refractivity contribution in [1.29, 1.82) is 0 Å². The van der Waals surface area contributed by atoms with Crippen LogP contribution in [0.5, 0.6) is 0 Å². The van der Waals surface area contributed by atoms with Crippen LogP contribution in [0.15, 0.2) is 66.6 Å². The molecule has 2 aliphatic rings. The molecule has 1 unspecified atom stereocenters. The van der Waals surface area contributed by atoms with Gasteiger partial charge < -0.3 is 50.4 Å². The first-order chi connectivity index (χ1) is 28.8. The van der Waals surface area contributed by atoms with Gasteiger partial charge in [0.1, 0.15) is 54.3 Å². The van der Waals surface area contributed by atoms with Gasteiger partial charge in [-0.25, -0.2) is 33.7 Å². The summed E-state index contributed by atoms with van der Waals surface area (Å²) in [5.74, 6) is -1.52. The predicted octanol–water partition coefficient (Wildman–Crippen LogP) is 1.01. The minimum Gasteiger partial charge on any atom is -0.455 e. The van der Waals surface area contributed by atoms with Gasteiger partial charge in [0.05, 0.1) is 19.5 Å². The maximum Gasteiger partial charge on any atom is 0.472 e. The van der Waals surface area contributed by atoms with Crippen molar-refractivity contribution in [3.63, 3.8) is 0 Å². The second-order valence-electron chi connectivity index (χ2n) is 13.8. The number of likely N-dealkylation sites (N-methyl/N-ethyl adjacent to an activating group) is 1. The molecule has 2 saturated heterocycles. The van der Waals surface area contributed by atoms with E-state index < -0.39 is 95.4 Å². The third-order valence-electron chi connectivity index (χ3n) is 9.66. The number of carbonyl (C=O) groups is 2. The Morgan fingerprint density at radius 1 is 1.10 bits per heavy atom. The van der Waals surface area contributed by atoms with E-state index in [9.17, 15) is 43.3 Å². The van der Waals surface area contributed by atoms with Crippen LogP contribution in [-0.2, 0) is 52.9 Å². The van der Waals surface area contributed by atoms with Crippen molar-refractivity contribution in [2.45, 2.75) is 74.7 Å². The Morgan fingerprint density at radius 2 is 1.85 bits per heavy atom. The smallest absolute Gasteiger partial charge is 0.455 e. The Morgan fingerprint density at radius 3 is 2.56 bits per heavy atom. The molecule has 5 heterocycles. The second kappa shape index (κ2) is 19.2. The van der Waals surface area contributed by atoms with Crippen LogP contribution in [0.25, 0.3) is 11.2 Å².